The molecule has 0 heterocycles. The van der Waals surface area contributed by atoms with Crippen LogP contribution in [-0.2, 0) is 28.8 Å². The van der Waals surface area contributed by atoms with Gasteiger partial charge in [-0.2, -0.15) is 25.1 Å². The third-order valence-corrected chi connectivity index (χ3v) is 0. The third kappa shape index (κ3) is 626. The van der Waals surface area contributed by atoms with Gasteiger partial charge in [-0.1, -0.05) is 13.8 Å². The summed E-state index contributed by atoms with van der Waals surface area (Å²) < 4.78 is 0. The van der Waals surface area contributed by atoms with Crippen molar-refractivity contribution in [3.05, 3.63) is 26.1 Å². The van der Waals surface area contributed by atoms with Gasteiger partial charge in [0.25, 0.3) is 0 Å². The number of hydrogen-bond acceptors (Lipinski definition) is 0. The smallest absolute Gasteiger partial charge is 3.00 e. The summed E-state index contributed by atoms with van der Waals surface area (Å²) in [4.78, 5) is 0. The van der Waals surface area contributed by atoms with Gasteiger partial charge in [0.2, 0.25) is 0 Å². The van der Waals surface area contributed by atoms with Gasteiger partial charge in [0.1, 0.15) is 0 Å². The summed E-state index contributed by atoms with van der Waals surface area (Å²) in [6.07, 6.45) is 2.00. The van der Waals surface area contributed by atoms with Crippen LogP contribution in [0.2, 0.25) is 0 Å². The molecule has 0 amide bonds. The summed E-state index contributed by atoms with van der Waals surface area (Å²) in [6, 6.07) is 0. The first-order valence-electron chi connectivity index (χ1n) is 4.31. The monoisotopic (exact) mass is 444 g/mol. The van der Waals surface area contributed by atoms with Crippen LogP contribution in [0.1, 0.15) is 33.6 Å². The van der Waals surface area contributed by atoms with Gasteiger partial charge < -0.3 is 44.0 Å². The minimum absolute atomic E-state index is 0. The Bertz CT molecular complexity index is 62.2. The van der Waals surface area contributed by atoms with E-state index in [1.54, 1.807) is 6.92 Å². The molecule has 0 spiro atoms. The Morgan fingerprint density at radius 2 is 0.882 bits per heavy atom. The normalized spacial score (nSPS) is 7.06. The number of rotatable bonds is 0. The van der Waals surface area contributed by atoms with Crippen molar-refractivity contribution in [2.24, 2.45) is 0 Å². The van der Waals surface area contributed by atoms with E-state index in [0.717, 1.165) is 18.2 Å². The van der Waals surface area contributed by atoms with Crippen molar-refractivity contribution in [1.29, 1.82) is 0 Å². The molecule has 0 aliphatic carbocycles. The van der Waals surface area contributed by atoms with Gasteiger partial charge in [-0.3, -0.25) is 0 Å². The van der Waals surface area contributed by atoms with Crippen LogP contribution in [0.5, 0.6) is 0 Å². The van der Waals surface area contributed by atoms with Crippen LogP contribution in [0, 0.1) is 26.1 Å². The van der Waals surface area contributed by atoms with Crippen LogP contribution >= 0.6 is 60.4 Å². The molecule has 0 rings (SSSR count). The first-order valence-corrected chi connectivity index (χ1v) is 13.8. The predicted octanol–water partition coefficient (Wildman–Crippen LogP) is 7.64. The fraction of sp³-hybridized carbons (Fsp3) is 0.556. The first-order chi connectivity index (χ1) is 7.24. The molecule has 0 aliphatic rings. The summed E-state index contributed by atoms with van der Waals surface area (Å²) in [5.41, 5.74) is 0. The molecule has 113 valence electrons. The average molecular weight is 448 g/mol. The molecule has 17 heavy (non-hydrogen) atoms. The number of halogens is 6. The maximum atomic E-state index is 5.01. The second-order valence-corrected chi connectivity index (χ2v) is 17.6. The van der Waals surface area contributed by atoms with Crippen molar-refractivity contribution in [2.45, 2.75) is 33.6 Å². The zero-order valence-electron chi connectivity index (χ0n) is 10.2. The maximum absolute atomic E-state index is 5.01. The molecule has 0 saturated heterocycles. The Labute approximate surface area is 147 Å². The van der Waals surface area contributed by atoms with Crippen molar-refractivity contribution < 1.29 is 28.8 Å². The molecule has 0 bridgehead atoms. The molecule has 0 aromatic heterocycles. The second kappa shape index (κ2) is 42.8. The van der Waals surface area contributed by atoms with E-state index >= 15 is 0 Å². The summed E-state index contributed by atoms with van der Waals surface area (Å²) in [5.74, 6) is 0. The zero-order valence-corrected chi connectivity index (χ0v) is 17.3. The van der Waals surface area contributed by atoms with Gasteiger partial charge in [0, 0.05) is 0 Å². The minimum atomic E-state index is -3.11. The van der Waals surface area contributed by atoms with Gasteiger partial charge in [0.15, 0.2) is 0 Å². The second-order valence-electron chi connectivity index (χ2n) is 1.51. The molecule has 0 N–H and O–H groups in total. The van der Waals surface area contributed by atoms with Crippen molar-refractivity contribution in [3.63, 3.8) is 0 Å². The van der Waals surface area contributed by atoms with E-state index in [9.17, 15) is 0 Å². The molecule has 0 aromatic carbocycles. The van der Waals surface area contributed by atoms with E-state index in [1.807, 2.05) is 13.8 Å². The summed E-state index contributed by atoms with van der Waals surface area (Å²) in [6.45, 7) is 16.0. The van der Waals surface area contributed by atoms with Gasteiger partial charge in [0.05, 0.1) is 0 Å². The van der Waals surface area contributed by atoms with Crippen LogP contribution in [0.15, 0.2) is 0 Å². The van der Waals surface area contributed by atoms with Crippen LogP contribution in [0.3, 0.4) is 0 Å². The molecule has 0 saturated carbocycles. The molecule has 0 atom stereocenters. The van der Waals surface area contributed by atoms with E-state index in [4.69, 9.17) is 37.2 Å². The van der Waals surface area contributed by atoms with Gasteiger partial charge in [-0.15, -0.1) is 0 Å². The summed E-state index contributed by atoms with van der Waals surface area (Å²) in [7, 11) is 20.1. The molecule has 0 fully saturated rings. The first kappa shape index (κ1) is 36.8. The van der Waals surface area contributed by atoms with Crippen LogP contribution in [0.25, 0.3) is 0 Å². The van der Waals surface area contributed by atoms with Crippen molar-refractivity contribution in [1.82, 2.24) is 0 Å². The van der Waals surface area contributed by atoms with E-state index in [-0.39, 0.29) is 16.5 Å². The van der Waals surface area contributed by atoms with Gasteiger partial charge in [-0.05, 0) is 0 Å². The Kier molecular flexibility index (Phi) is 92.6. The molecule has 8 heteroatoms. The van der Waals surface area contributed by atoms with Crippen molar-refractivity contribution in [3.8, 4) is 0 Å². The van der Waals surface area contributed by atoms with Gasteiger partial charge in [-0.25, -0.2) is 0 Å². The zero-order chi connectivity index (χ0) is 14.6. The van der Waals surface area contributed by atoms with E-state index < -0.39 is 12.3 Å². The predicted molar refractivity (Wildman–Crippen MR) is 81.7 cm³/mol. The topological polar surface area (TPSA) is 0 Å². The SMILES string of the molecule is Cl[CH-]Cl.[CH2-]C.[CH2-]CC.[CH2-]CC.[Cl][Ti]([Cl])([Cl])[Cl].[Ni+3]. The molecule has 1 radical (unpaired) electrons. The van der Waals surface area contributed by atoms with Crippen LogP contribution in [-0.4, -0.2) is 0 Å². The third-order valence-electron chi connectivity index (χ3n) is 0. The Morgan fingerprint density at radius 1 is 0.882 bits per heavy atom. The van der Waals surface area contributed by atoms with Crippen molar-refractivity contribution in [2.75, 3.05) is 0 Å². The van der Waals surface area contributed by atoms with E-state index in [1.165, 1.54) is 0 Å². The molecular weight excluding hydrogens is 427 g/mol. The standard InChI is InChI=1S/2C3H7.C2H5.CHCl2.4ClH.Ni.Ti/c2*1-3-2;1-2;2-1-3;;;;;;/h2*1,3H2,2H3;1H2,2H3;1H;4*1H;;/q4*-1;;;;;+3;+4/p-4. The molecule has 0 aromatic rings. The largest absolute Gasteiger partial charge is 3.00 e. The fourth-order valence-electron chi connectivity index (χ4n) is 0. The van der Waals surface area contributed by atoms with E-state index in [0.29, 0.717) is 0 Å². The molecular formula is C9H20Cl6NiTi-. The molecule has 0 aliphatic heterocycles. The summed E-state index contributed by atoms with van der Waals surface area (Å²) in [5, 5.41) is 0.944. The fourth-order valence-corrected chi connectivity index (χ4v) is 0. The van der Waals surface area contributed by atoms with Crippen LogP contribution < -0.4 is 0 Å². The minimum Gasteiger partial charge on any atom is 3.00 e. The Morgan fingerprint density at radius 3 is 0.882 bits per heavy atom. The molecule has 0 nitrogen and oxygen atoms in total. The maximum Gasteiger partial charge on any atom is 3.00 e. The van der Waals surface area contributed by atoms with E-state index in [2.05, 4.69) is 44.0 Å². The van der Waals surface area contributed by atoms with Crippen molar-refractivity contribution >= 4 is 60.4 Å². The Hall–Kier alpha value is 2.95. The van der Waals surface area contributed by atoms with Gasteiger partial charge >= 0.3 is 66.1 Å². The average Bonchev–Trinajstić information content (AvgIpc) is 2.07. The Balaban J connectivity index is -0.0000000228. The summed E-state index contributed by atoms with van der Waals surface area (Å²) >= 11 is 6.17. The quantitative estimate of drug-likeness (QED) is 0.264. The van der Waals surface area contributed by atoms with Crippen LogP contribution in [0.4, 0.5) is 0 Å². The molecule has 0 unspecified atom stereocenters. The number of hydrogen-bond donors (Lipinski definition) is 0.